The van der Waals surface area contributed by atoms with Gasteiger partial charge in [-0.25, -0.2) is 4.98 Å². The molecule has 2 N–H and O–H groups in total. The summed E-state index contributed by atoms with van der Waals surface area (Å²) < 4.78 is 5.15. The Hall–Kier alpha value is -1.85. The van der Waals surface area contributed by atoms with E-state index in [1.807, 2.05) is 0 Å². The number of rotatable bonds is 3. The van der Waals surface area contributed by atoms with Gasteiger partial charge >= 0.3 is 5.69 Å². The highest BCUT2D eigenvalue weighted by Gasteiger charge is 2.21. The number of ether oxygens (including phenoxy) is 1. The van der Waals surface area contributed by atoms with Crippen molar-refractivity contribution in [1.82, 2.24) is 4.98 Å². The SMILES string of the molecule is CC(C)Oc1nccc(N)c1[N+](=O)[O-]. The lowest BCUT2D eigenvalue weighted by Gasteiger charge is -2.08. The lowest BCUT2D eigenvalue weighted by molar-refractivity contribution is -0.385. The molecule has 0 amide bonds. The first kappa shape index (κ1) is 10.2. The molecule has 0 saturated carbocycles. The highest BCUT2D eigenvalue weighted by atomic mass is 16.6. The number of aromatic nitrogens is 1. The third kappa shape index (κ3) is 2.09. The summed E-state index contributed by atoms with van der Waals surface area (Å²) in [6.07, 6.45) is 1.20. The molecule has 0 saturated heterocycles. The molecule has 0 fully saturated rings. The van der Waals surface area contributed by atoms with E-state index < -0.39 is 4.92 Å². The zero-order chi connectivity index (χ0) is 10.7. The molecule has 0 bridgehead atoms. The Bertz CT molecular complexity index is 352. The minimum atomic E-state index is -0.597. The van der Waals surface area contributed by atoms with Crippen LogP contribution in [-0.4, -0.2) is 16.0 Å². The Morgan fingerprint density at radius 2 is 2.29 bits per heavy atom. The van der Waals surface area contributed by atoms with Crippen molar-refractivity contribution in [2.45, 2.75) is 20.0 Å². The smallest absolute Gasteiger partial charge is 0.353 e. The zero-order valence-corrected chi connectivity index (χ0v) is 7.93. The standard InChI is InChI=1S/C8H11N3O3/c1-5(2)14-8-7(11(12)13)6(9)3-4-10-8/h3-5H,1-2H3,(H2,9,10). The maximum absolute atomic E-state index is 10.6. The van der Waals surface area contributed by atoms with Crippen LogP contribution in [-0.2, 0) is 0 Å². The van der Waals surface area contributed by atoms with E-state index in [0.717, 1.165) is 0 Å². The molecule has 0 aromatic carbocycles. The minimum absolute atomic E-state index is 0.0370. The van der Waals surface area contributed by atoms with Crippen molar-refractivity contribution in [3.8, 4) is 5.88 Å². The molecule has 6 nitrogen and oxygen atoms in total. The molecule has 0 spiro atoms. The van der Waals surface area contributed by atoms with Crippen LogP contribution in [0.3, 0.4) is 0 Å². The van der Waals surface area contributed by atoms with E-state index in [0.29, 0.717) is 0 Å². The van der Waals surface area contributed by atoms with Gasteiger partial charge in [0.2, 0.25) is 0 Å². The van der Waals surface area contributed by atoms with Crippen molar-refractivity contribution in [2.75, 3.05) is 5.73 Å². The minimum Gasteiger partial charge on any atom is -0.470 e. The molecular formula is C8H11N3O3. The second kappa shape index (κ2) is 3.91. The Labute approximate surface area is 80.9 Å². The number of nitrogen functional groups attached to an aromatic ring is 1. The molecule has 0 aliphatic heterocycles. The summed E-state index contributed by atoms with van der Waals surface area (Å²) in [7, 11) is 0. The largest absolute Gasteiger partial charge is 0.470 e. The van der Waals surface area contributed by atoms with Gasteiger partial charge < -0.3 is 10.5 Å². The number of nitrogens with zero attached hydrogens (tertiary/aromatic N) is 2. The molecule has 1 heterocycles. The third-order valence-electron chi connectivity index (χ3n) is 1.45. The van der Waals surface area contributed by atoms with Crippen molar-refractivity contribution in [2.24, 2.45) is 0 Å². The molecule has 1 aromatic rings. The van der Waals surface area contributed by atoms with E-state index in [1.54, 1.807) is 13.8 Å². The van der Waals surface area contributed by atoms with Crippen LogP contribution in [0.5, 0.6) is 5.88 Å². The van der Waals surface area contributed by atoms with Gasteiger partial charge in [0.25, 0.3) is 5.88 Å². The van der Waals surface area contributed by atoms with Gasteiger partial charge in [0.05, 0.1) is 11.0 Å². The molecule has 0 aliphatic carbocycles. The van der Waals surface area contributed by atoms with E-state index in [-0.39, 0.29) is 23.4 Å². The van der Waals surface area contributed by atoms with E-state index in [1.165, 1.54) is 12.3 Å². The average molecular weight is 197 g/mol. The number of nitrogens with two attached hydrogens (primary N) is 1. The first-order valence-corrected chi connectivity index (χ1v) is 4.08. The van der Waals surface area contributed by atoms with Crippen molar-refractivity contribution in [1.29, 1.82) is 0 Å². The summed E-state index contributed by atoms with van der Waals surface area (Å²) in [4.78, 5) is 13.8. The van der Waals surface area contributed by atoms with Gasteiger partial charge in [-0.3, -0.25) is 10.1 Å². The normalized spacial score (nSPS) is 10.2. The van der Waals surface area contributed by atoms with Crippen molar-refractivity contribution < 1.29 is 9.66 Å². The summed E-state index contributed by atoms with van der Waals surface area (Å²) in [5, 5.41) is 10.6. The lowest BCUT2D eigenvalue weighted by atomic mass is 10.3. The summed E-state index contributed by atoms with van der Waals surface area (Å²) in [5.41, 5.74) is 5.22. The maximum atomic E-state index is 10.6. The number of pyridine rings is 1. The van der Waals surface area contributed by atoms with Crippen LogP contribution in [0.2, 0.25) is 0 Å². The second-order valence-electron chi connectivity index (χ2n) is 2.98. The van der Waals surface area contributed by atoms with Crippen molar-refractivity contribution in [3.05, 3.63) is 22.4 Å². The summed E-state index contributed by atoms with van der Waals surface area (Å²) in [6, 6.07) is 1.37. The van der Waals surface area contributed by atoms with E-state index >= 15 is 0 Å². The molecule has 0 unspecified atom stereocenters. The second-order valence-corrected chi connectivity index (χ2v) is 2.98. The summed E-state index contributed by atoms with van der Waals surface area (Å²) >= 11 is 0. The fourth-order valence-corrected chi connectivity index (χ4v) is 0.942. The number of hydrogen-bond donors (Lipinski definition) is 1. The zero-order valence-electron chi connectivity index (χ0n) is 7.93. The first-order chi connectivity index (χ1) is 6.52. The maximum Gasteiger partial charge on any atom is 0.353 e. The van der Waals surface area contributed by atoms with Crippen molar-refractivity contribution >= 4 is 11.4 Å². The predicted molar refractivity (Wildman–Crippen MR) is 51.1 cm³/mol. The molecule has 76 valence electrons. The third-order valence-corrected chi connectivity index (χ3v) is 1.45. The molecule has 0 atom stereocenters. The van der Waals surface area contributed by atoms with E-state index in [9.17, 15) is 10.1 Å². The van der Waals surface area contributed by atoms with Gasteiger partial charge in [-0.2, -0.15) is 0 Å². The van der Waals surface area contributed by atoms with Crippen LogP contribution < -0.4 is 10.5 Å². The van der Waals surface area contributed by atoms with Crippen LogP contribution in [0.1, 0.15) is 13.8 Å². The Kier molecular flexibility index (Phi) is 2.85. The van der Waals surface area contributed by atoms with Crippen LogP contribution in [0.15, 0.2) is 12.3 Å². The van der Waals surface area contributed by atoms with Gasteiger partial charge in [0.1, 0.15) is 5.69 Å². The molecule has 14 heavy (non-hydrogen) atoms. The van der Waals surface area contributed by atoms with Gasteiger partial charge in [0.15, 0.2) is 0 Å². The molecule has 6 heteroatoms. The van der Waals surface area contributed by atoms with Crippen LogP contribution >= 0.6 is 0 Å². The van der Waals surface area contributed by atoms with Gasteiger partial charge in [-0.1, -0.05) is 0 Å². The van der Waals surface area contributed by atoms with Crippen LogP contribution in [0, 0.1) is 10.1 Å². The number of anilines is 1. The van der Waals surface area contributed by atoms with Gasteiger partial charge in [-0.15, -0.1) is 0 Å². The summed E-state index contributed by atoms with van der Waals surface area (Å²) in [5.74, 6) is -0.0370. The highest BCUT2D eigenvalue weighted by molar-refractivity contribution is 5.62. The topological polar surface area (TPSA) is 91.3 Å². The van der Waals surface area contributed by atoms with Crippen LogP contribution in [0.25, 0.3) is 0 Å². The van der Waals surface area contributed by atoms with Crippen molar-refractivity contribution in [3.63, 3.8) is 0 Å². The summed E-state index contributed by atoms with van der Waals surface area (Å²) in [6.45, 7) is 3.52. The fourth-order valence-electron chi connectivity index (χ4n) is 0.942. The Morgan fingerprint density at radius 1 is 1.64 bits per heavy atom. The van der Waals surface area contributed by atoms with Crippen LogP contribution in [0.4, 0.5) is 11.4 Å². The first-order valence-electron chi connectivity index (χ1n) is 4.08. The number of nitro groups is 1. The van der Waals surface area contributed by atoms with E-state index in [4.69, 9.17) is 10.5 Å². The number of hydrogen-bond acceptors (Lipinski definition) is 5. The van der Waals surface area contributed by atoms with E-state index in [2.05, 4.69) is 4.98 Å². The predicted octanol–water partition coefficient (Wildman–Crippen LogP) is 1.36. The van der Waals surface area contributed by atoms with Gasteiger partial charge in [0, 0.05) is 6.20 Å². The highest BCUT2D eigenvalue weighted by Crippen LogP contribution is 2.30. The quantitative estimate of drug-likeness (QED) is 0.583. The Balaban J connectivity index is 3.14. The monoisotopic (exact) mass is 197 g/mol. The molecule has 0 aliphatic rings. The molecule has 0 radical (unpaired) electrons. The van der Waals surface area contributed by atoms with Gasteiger partial charge in [-0.05, 0) is 19.9 Å². The molecular weight excluding hydrogens is 186 g/mol. The lowest BCUT2D eigenvalue weighted by Crippen LogP contribution is -2.09. The average Bonchev–Trinajstić information content (AvgIpc) is 2.01. The Morgan fingerprint density at radius 3 is 2.79 bits per heavy atom. The molecule has 1 aromatic heterocycles. The molecule has 1 rings (SSSR count). The fraction of sp³-hybridized carbons (Fsp3) is 0.375.